The van der Waals surface area contributed by atoms with Crippen LogP contribution in [0.3, 0.4) is 0 Å². The van der Waals surface area contributed by atoms with Gasteiger partial charge in [0.15, 0.2) is 0 Å². The summed E-state index contributed by atoms with van der Waals surface area (Å²) in [5, 5.41) is 0. The first kappa shape index (κ1) is 16.4. The van der Waals surface area contributed by atoms with Gasteiger partial charge in [0.25, 0.3) is 5.91 Å². The van der Waals surface area contributed by atoms with E-state index in [0.29, 0.717) is 24.5 Å². The molecule has 1 amide bonds. The molecule has 1 fully saturated rings. The van der Waals surface area contributed by atoms with Crippen LogP contribution >= 0.6 is 0 Å². The van der Waals surface area contributed by atoms with Crippen LogP contribution in [-0.2, 0) is 24.8 Å². The van der Waals surface area contributed by atoms with Crippen molar-refractivity contribution in [2.75, 3.05) is 13.2 Å². The van der Waals surface area contributed by atoms with Gasteiger partial charge in [0.2, 0.25) is 0 Å². The van der Waals surface area contributed by atoms with E-state index in [1.807, 2.05) is 38.2 Å². The Hall–Kier alpha value is -2.08. The molecule has 2 aromatic rings. The molecule has 2 aromatic heterocycles. The smallest absolute Gasteiger partial charge is 0.258 e. The predicted molar refractivity (Wildman–Crippen MR) is 92.3 cm³/mol. The van der Waals surface area contributed by atoms with Crippen LogP contribution < -0.4 is 0 Å². The van der Waals surface area contributed by atoms with Crippen molar-refractivity contribution in [3.63, 3.8) is 0 Å². The second-order valence-electron chi connectivity index (χ2n) is 7.35. The van der Waals surface area contributed by atoms with Crippen LogP contribution in [-0.4, -0.2) is 39.6 Å². The number of furan rings is 1. The third-order valence-electron chi connectivity index (χ3n) is 5.23. The van der Waals surface area contributed by atoms with Crippen molar-refractivity contribution in [2.24, 2.45) is 13.0 Å². The SMILES string of the molecule is Cc1cc(C(=O)N2Cc3ncn(C)c3C[C@@H]2COCC2CC2)c(C)o1. The topological polar surface area (TPSA) is 60.5 Å². The van der Waals surface area contributed by atoms with Gasteiger partial charge < -0.3 is 18.6 Å². The zero-order valence-corrected chi connectivity index (χ0v) is 15.1. The Morgan fingerprint density at radius 1 is 1.36 bits per heavy atom. The summed E-state index contributed by atoms with van der Waals surface area (Å²) in [5.74, 6) is 2.16. The molecule has 1 aliphatic heterocycles. The lowest BCUT2D eigenvalue weighted by molar-refractivity contribution is 0.0335. The van der Waals surface area contributed by atoms with Crippen LogP contribution in [0.1, 0.15) is 46.1 Å². The Balaban J connectivity index is 1.57. The summed E-state index contributed by atoms with van der Waals surface area (Å²) in [6.45, 7) is 5.61. The molecule has 0 unspecified atom stereocenters. The summed E-state index contributed by atoms with van der Waals surface area (Å²) in [6.07, 6.45) is 5.14. The number of rotatable bonds is 5. The van der Waals surface area contributed by atoms with E-state index in [4.69, 9.17) is 9.15 Å². The predicted octanol–water partition coefficient (Wildman–Crippen LogP) is 2.62. The first-order valence-electron chi connectivity index (χ1n) is 8.97. The number of amides is 1. The maximum Gasteiger partial charge on any atom is 0.258 e. The quantitative estimate of drug-likeness (QED) is 0.837. The summed E-state index contributed by atoms with van der Waals surface area (Å²) in [4.78, 5) is 19.5. The number of fused-ring (bicyclic) bond motifs is 1. The minimum atomic E-state index is 0.00525. The molecule has 1 saturated carbocycles. The number of aryl methyl sites for hydroxylation is 3. The van der Waals surface area contributed by atoms with Crippen molar-refractivity contribution in [3.8, 4) is 0 Å². The molecule has 25 heavy (non-hydrogen) atoms. The molecule has 1 aliphatic carbocycles. The van der Waals surface area contributed by atoms with Gasteiger partial charge in [-0.3, -0.25) is 4.79 Å². The molecule has 134 valence electrons. The Morgan fingerprint density at radius 2 is 2.16 bits per heavy atom. The second kappa shape index (κ2) is 6.33. The number of aromatic nitrogens is 2. The lowest BCUT2D eigenvalue weighted by Crippen LogP contribution is -2.47. The average Bonchev–Trinajstić information content (AvgIpc) is 3.25. The summed E-state index contributed by atoms with van der Waals surface area (Å²) in [5.41, 5.74) is 2.82. The summed E-state index contributed by atoms with van der Waals surface area (Å²) < 4.78 is 13.5. The van der Waals surface area contributed by atoms with Gasteiger partial charge in [0, 0.05) is 25.8 Å². The average molecular weight is 343 g/mol. The number of carbonyl (C=O) groups excluding carboxylic acids is 1. The minimum Gasteiger partial charge on any atom is -0.466 e. The maximum absolute atomic E-state index is 13.1. The second-order valence-corrected chi connectivity index (χ2v) is 7.35. The van der Waals surface area contributed by atoms with Crippen LogP contribution in [0.2, 0.25) is 0 Å². The summed E-state index contributed by atoms with van der Waals surface area (Å²) in [7, 11) is 2.01. The number of ether oxygens (including phenoxy) is 1. The number of hydrogen-bond donors (Lipinski definition) is 0. The van der Waals surface area contributed by atoms with Gasteiger partial charge in [-0.15, -0.1) is 0 Å². The highest BCUT2D eigenvalue weighted by Crippen LogP contribution is 2.30. The van der Waals surface area contributed by atoms with E-state index in [2.05, 4.69) is 9.55 Å². The molecule has 0 spiro atoms. The Morgan fingerprint density at radius 3 is 2.84 bits per heavy atom. The van der Waals surface area contributed by atoms with E-state index in [9.17, 15) is 4.79 Å². The van der Waals surface area contributed by atoms with Gasteiger partial charge in [-0.2, -0.15) is 0 Å². The zero-order chi connectivity index (χ0) is 17.6. The van der Waals surface area contributed by atoms with Crippen LogP contribution in [0.25, 0.3) is 0 Å². The van der Waals surface area contributed by atoms with Gasteiger partial charge in [0.1, 0.15) is 11.5 Å². The van der Waals surface area contributed by atoms with Gasteiger partial charge in [-0.05, 0) is 38.7 Å². The van der Waals surface area contributed by atoms with E-state index < -0.39 is 0 Å². The Kier molecular flexibility index (Phi) is 4.15. The van der Waals surface area contributed by atoms with Crippen molar-refractivity contribution in [3.05, 3.63) is 40.9 Å². The van der Waals surface area contributed by atoms with Gasteiger partial charge in [0.05, 0.1) is 36.8 Å². The third kappa shape index (κ3) is 3.23. The molecule has 4 rings (SSSR count). The van der Waals surface area contributed by atoms with E-state index in [-0.39, 0.29) is 11.9 Å². The largest absolute Gasteiger partial charge is 0.466 e. The number of nitrogens with zero attached hydrogens (tertiary/aromatic N) is 3. The van der Waals surface area contributed by atoms with Crippen LogP contribution in [0, 0.1) is 19.8 Å². The first-order chi connectivity index (χ1) is 12.0. The molecule has 3 heterocycles. The highest BCUT2D eigenvalue weighted by Gasteiger charge is 2.34. The standard InChI is InChI=1S/C19H25N3O3/c1-12-6-16(13(2)25-12)19(23)22-8-17-18(21(3)11-20-17)7-15(22)10-24-9-14-4-5-14/h6,11,14-15H,4-5,7-10H2,1-3H3/t15-/m1/s1. The summed E-state index contributed by atoms with van der Waals surface area (Å²) >= 11 is 0. The molecule has 0 bridgehead atoms. The van der Waals surface area contributed by atoms with E-state index in [0.717, 1.165) is 30.4 Å². The lowest BCUT2D eigenvalue weighted by Gasteiger charge is -2.35. The highest BCUT2D eigenvalue weighted by molar-refractivity contribution is 5.95. The Labute approximate surface area is 147 Å². The summed E-state index contributed by atoms with van der Waals surface area (Å²) in [6, 6.07) is 1.86. The van der Waals surface area contributed by atoms with Crippen molar-refractivity contribution in [1.82, 2.24) is 14.5 Å². The van der Waals surface area contributed by atoms with Crippen molar-refractivity contribution in [2.45, 2.75) is 45.7 Å². The number of carbonyl (C=O) groups is 1. The molecule has 0 saturated heterocycles. The molecule has 6 heteroatoms. The molecular weight excluding hydrogens is 318 g/mol. The molecule has 1 atom stereocenters. The van der Waals surface area contributed by atoms with Crippen molar-refractivity contribution < 1.29 is 13.9 Å². The monoisotopic (exact) mass is 343 g/mol. The minimum absolute atomic E-state index is 0.00525. The molecule has 0 aromatic carbocycles. The number of imidazole rings is 1. The molecule has 0 N–H and O–H groups in total. The van der Waals surface area contributed by atoms with E-state index in [1.54, 1.807) is 0 Å². The fourth-order valence-corrected chi connectivity index (χ4v) is 3.56. The molecule has 2 aliphatic rings. The molecule has 0 radical (unpaired) electrons. The fourth-order valence-electron chi connectivity index (χ4n) is 3.56. The molecular formula is C19H25N3O3. The van der Waals surface area contributed by atoms with E-state index in [1.165, 1.54) is 18.5 Å². The first-order valence-corrected chi connectivity index (χ1v) is 8.97. The van der Waals surface area contributed by atoms with Crippen LogP contribution in [0.15, 0.2) is 16.8 Å². The lowest BCUT2D eigenvalue weighted by atomic mass is 10.0. The Bertz CT molecular complexity index is 788. The van der Waals surface area contributed by atoms with Crippen LogP contribution in [0.4, 0.5) is 0 Å². The van der Waals surface area contributed by atoms with Gasteiger partial charge in [-0.25, -0.2) is 4.98 Å². The maximum atomic E-state index is 13.1. The van der Waals surface area contributed by atoms with E-state index >= 15 is 0 Å². The van der Waals surface area contributed by atoms with Crippen LogP contribution in [0.5, 0.6) is 0 Å². The normalized spacial score (nSPS) is 20.0. The number of hydrogen-bond acceptors (Lipinski definition) is 4. The molecule has 6 nitrogen and oxygen atoms in total. The highest BCUT2D eigenvalue weighted by atomic mass is 16.5. The van der Waals surface area contributed by atoms with Gasteiger partial charge >= 0.3 is 0 Å². The van der Waals surface area contributed by atoms with Gasteiger partial charge in [-0.1, -0.05) is 0 Å². The fraction of sp³-hybridized carbons (Fsp3) is 0.579. The van der Waals surface area contributed by atoms with Crippen molar-refractivity contribution >= 4 is 5.91 Å². The van der Waals surface area contributed by atoms with Crippen molar-refractivity contribution in [1.29, 1.82) is 0 Å². The third-order valence-corrected chi connectivity index (χ3v) is 5.23. The zero-order valence-electron chi connectivity index (χ0n) is 15.1.